The number of likely N-dealkylation sites (N-methyl/N-ethyl adjacent to an activating group) is 2. The summed E-state index contributed by atoms with van der Waals surface area (Å²) in [6.07, 6.45) is 8.72. The van der Waals surface area contributed by atoms with Gasteiger partial charge in [0.05, 0.1) is 176 Å². The highest BCUT2D eigenvalue weighted by molar-refractivity contribution is 4.69. The summed E-state index contributed by atoms with van der Waals surface area (Å²) >= 11 is 0. The zero-order valence-corrected chi connectivity index (χ0v) is 64.4. The van der Waals surface area contributed by atoms with Gasteiger partial charge >= 0.3 is 0 Å². The van der Waals surface area contributed by atoms with Crippen molar-refractivity contribution in [3.05, 3.63) is 13.8 Å². The van der Waals surface area contributed by atoms with E-state index in [9.17, 15) is 0 Å². The van der Waals surface area contributed by atoms with Gasteiger partial charge in [0, 0.05) is 87.4 Å². The second kappa shape index (κ2) is 53.8. The summed E-state index contributed by atoms with van der Waals surface area (Å²) in [4.78, 5) is 12.2. The molecule has 14 heteroatoms. The van der Waals surface area contributed by atoms with E-state index in [2.05, 4.69) is 254 Å². The zero-order chi connectivity index (χ0) is 67.0. The fraction of sp³-hybridized carbons (Fsp3) is 0.972. The largest absolute Gasteiger partial charge is 0.380 e. The van der Waals surface area contributed by atoms with Crippen LogP contribution in [0.4, 0.5) is 0 Å². The predicted molar refractivity (Wildman–Crippen MR) is 379 cm³/mol. The lowest BCUT2D eigenvalue weighted by Gasteiger charge is -2.35. The maximum Gasteiger partial charge on any atom is 0.209 e. The van der Waals surface area contributed by atoms with E-state index in [0.29, 0.717) is 61.5 Å². The van der Waals surface area contributed by atoms with Crippen LogP contribution in [0.2, 0.25) is 0 Å². The molecule has 516 valence electrons. The molecule has 0 aromatic carbocycles. The van der Waals surface area contributed by atoms with Crippen molar-refractivity contribution < 1.29 is 41.4 Å². The first-order chi connectivity index (χ1) is 39.2. The molecule has 14 nitrogen and oxygen atoms in total. The van der Waals surface area contributed by atoms with Crippen molar-refractivity contribution in [2.45, 2.75) is 225 Å². The van der Waals surface area contributed by atoms with Crippen LogP contribution in [0.15, 0.2) is 0 Å². The fourth-order valence-electron chi connectivity index (χ4n) is 9.82. The third kappa shape index (κ3) is 60.5. The third-order valence-electron chi connectivity index (χ3n) is 17.1. The molecule has 0 aliphatic heterocycles. The van der Waals surface area contributed by atoms with Crippen LogP contribution in [0.25, 0.3) is 0 Å². The molecular formula is C71H165N10O4+7. The number of rotatable bonds is 47. The van der Waals surface area contributed by atoms with Crippen LogP contribution in [-0.2, 0) is 18.9 Å². The number of ether oxygens (including phenoxy) is 4. The fourth-order valence-corrected chi connectivity index (χ4v) is 9.82. The van der Waals surface area contributed by atoms with Gasteiger partial charge in [-0.05, 0) is 171 Å². The van der Waals surface area contributed by atoms with E-state index in [0.717, 1.165) is 127 Å². The lowest BCUT2D eigenvalue weighted by atomic mass is 10.2. The van der Waals surface area contributed by atoms with E-state index < -0.39 is 0 Å². The summed E-state index contributed by atoms with van der Waals surface area (Å²) in [6, 6.07) is 4.85. The van der Waals surface area contributed by atoms with E-state index in [1.54, 1.807) is 0 Å². The van der Waals surface area contributed by atoms with Gasteiger partial charge in [-0.2, -0.15) is 0 Å². The van der Waals surface area contributed by atoms with E-state index in [4.69, 9.17) is 18.9 Å². The van der Waals surface area contributed by atoms with Gasteiger partial charge in [-0.25, -0.2) is 0 Å². The van der Waals surface area contributed by atoms with Gasteiger partial charge in [-0.1, -0.05) is 6.42 Å². The maximum absolute atomic E-state index is 5.77. The molecule has 0 saturated carbocycles. The smallest absolute Gasteiger partial charge is 0.209 e. The maximum atomic E-state index is 5.77. The van der Waals surface area contributed by atoms with Gasteiger partial charge < -0.3 is 41.8 Å². The van der Waals surface area contributed by atoms with Gasteiger partial charge in [0.25, 0.3) is 0 Å². The number of hydrogen-bond donors (Lipinski definition) is 0. The molecule has 0 fully saturated rings. The molecule has 0 aliphatic carbocycles. The minimum absolute atomic E-state index is 0.573. The Kier molecular flexibility index (Phi) is 58.8. The van der Waals surface area contributed by atoms with Gasteiger partial charge in [0.1, 0.15) is 26.4 Å². The summed E-state index contributed by atoms with van der Waals surface area (Å²) in [6.45, 7) is 74.3. The van der Waals surface area contributed by atoms with Gasteiger partial charge in [-0.3, -0.25) is 24.1 Å². The summed E-state index contributed by atoms with van der Waals surface area (Å²) in [5.41, 5.74) is 0. The van der Waals surface area contributed by atoms with Crippen molar-refractivity contribution >= 4 is 0 Å². The highest BCUT2D eigenvalue weighted by Crippen LogP contribution is 2.10. The predicted octanol–water partition coefficient (Wildman–Crippen LogP) is 11.9. The molecule has 85 heavy (non-hydrogen) atoms. The number of quaternary nitrogens is 5. The summed E-state index contributed by atoms with van der Waals surface area (Å²) in [5, 5.41) is 0. The van der Waals surface area contributed by atoms with Crippen LogP contribution in [0.3, 0.4) is 0 Å². The highest BCUT2D eigenvalue weighted by atomic mass is 16.5. The Balaban J connectivity index is -0.000000316. The number of nitrogens with zero attached hydrogens (tertiary/aromatic N) is 10. The molecule has 0 aromatic rings. The third-order valence-corrected chi connectivity index (χ3v) is 17.1. The molecule has 0 rings (SSSR count). The van der Waals surface area contributed by atoms with Crippen molar-refractivity contribution in [1.82, 2.24) is 24.5 Å². The summed E-state index contributed by atoms with van der Waals surface area (Å²) < 4.78 is 28.1. The first-order valence-electron chi connectivity index (χ1n) is 34.8. The first-order valence-corrected chi connectivity index (χ1v) is 34.8. The van der Waals surface area contributed by atoms with Gasteiger partial charge in [0.15, 0.2) is 0 Å². The lowest BCUT2D eigenvalue weighted by molar-refractivity contribution is -0.890. The molecule has 0 aromatic heterocycles. The van der Waals surface area contributed by atoms with Crippen LogP contribution in [-0.4, -0.2) is 331 Å². The Hall–Kier alpha value is -0.820. The molecule has 0 amide bonds. The minimum Gasteiger partial charge on any atom is -0.380 e. The molecule has 0 radical (unpaired) electrons. The molecular weight excluding hydrogens is 1060 g/mol. The average Bonchev–Trinajstić information content (AvgIpc) is 3.39. The van der Waals surface area contributed by atoms with Crippen molar-refractivity contribution in [1.29, 1.82) is 0 Å². The Morgan fingerprint density at radius 1 is 0.282 bits per heavy atom. The Morgan fingerprint density at radius 2 is 0.576 bits per heavy atom. The van der Waals surface area contributed by atoms with E-state index in [1.807, 2.05) is 0 Å². The van der Waals surface area contributed by atoms with Crippen molar-refractivity contribution in [3.63, 3.8) is 0 Å². The lowest BCUT2D eigenvalue weighted by Crippen LogP contribution is -2.48. The molecule has 0 spiro atoms. The molecule has 0 unspecified atom stereocenters. The molecule has 0 atom stereocenters. The van der Waals surface area contributed by atoms with Crippen molar-refractivity contribution in [3.8, 4) is 0 Å². The molecule has 0 heterocycles. The number of unbranched alkanes of at least 4 members (excludes halogenated alkanes) is 3. The second-order valence-corrected chi connectivity index (χ2v) is 30.1. The van der Waals surface area contributed by atoms with E-state index >= 15 is 0 Å². The standard InChI is InChI=1S/C16H37N2O2.C16H36N2O.C15H35N2O.C12H29N2.C12H28N2/c1-8-18(6,7)10-12-20-14-13-19-11-9-17(15(2)3)16(4)5;1-8-11-18(6,7)12-9-13-19-14-10-17(15(2)3)16(4)5;1-8-17(6,7)11-9-12-18-13-10-16(14(2)3)15(4)5;1-8-14(6,7)10-9-13(11(2)3)12(4)5;1-6-14(4,5)12-10-8-7-9-11-13(2)3/h15-16H,8-14H2,1-7H3;15-16H,1,8-14H2,2-7H3;14-15H,8-13H2,1-7H3;11-12H,8-10H2,1-7H3;1,6-12H2,2-5H3/q+1;+2;2*+1;+2. The second-order valence-electron chi connectivity index (χ2n) is 30.1. The molecule has 0 bridgehead atoms. The van der Waals surface area contributed by atoms with Crippen LogP contribution in [0.5, 0.6) is 0 Å². The molecule has 0 saturated heterocycles. The van der Waals surface area contributed by atoms with Crippen molar-refractivity contribution in [2.75, 3.05) is 236 Å². The average molecular weight is 1220 g/mol. The zero-order valence-electron chi connectivity index (χ0n) is 64.4. The van der Waals surface area contributed by atoms with E-state index in [-0.39, 0.29) is 0 Å². The van der Waals surface area contributed by atoms with E-state index in [1.165, 1.54) is 78.0 Å². The Morgan fingerprint density at radius 3 is 0.906 bits per heavy atom. The highest BCUT2D eigenvalue weighted by Gasteiger charge is 2.21. The number of hydrogen-bond acceptors (Lipinski definition) is 9. The SMILES string of the molecule is CC[N+](C)(C)CCCOCCN(C(C)C)C(C)C.CC[N+](C)(C)CCN(C(C)C)C(C)C.CC[N+](C)(C)CCOCCOCCN(C(C)C)C(C)C.[CH2+]CC[N+](C)(C)CCCOCCN(C(C)C)C(C)C.[CH2+]C[N+](C)(C)CCCCCCN(C)C. The Labute approximate surface area is 537 Å². The molecule has 0 aliphatic rings. The van der Waals surface area contributed by atoms with Crippen LogP contribution >= 0.6 is 0 Å². The quantitative estimate of drug-likeness (QED) is 0.0337. The van der Waals surface area contributed by atoms with Crippen LogP contribution in [0, 0.1) is 13.8 Å². The Bertz CT molecular complexity index is 1370. The normalized spacial score (nSPS) is 12.9. The van der Waals surface area contributed by atoms with Gasteiger partial charge in [-0.15, -0.1) is 0 Å². The first kappa shape index (κ1) is 92.9. The summed E-state index contributed by atoms with van der Waals surface area (Å²) in [7, 11) is 27.0. The van der Waals surface area contributed by atoms with Crippen LogP contribution < -0.4 is 0 Å². The monoisotopic (exact) mass is 1220 g/mol. The van der Waals surface area contributed by atoms with Crippen molar-refractivity contribution in [2.24, 2.45) is 0 Å². The minimum atomic E-state index is 0.573. The van der Waals surface area contributed by atoms with Gasteiger partial charge in [0.2, 0.25) is 6.54 Å². The molecule has 0 N–H and O–H groups in total. The topological polar surface area (TPSA) is 53.1 Å². The summed E-state index contributed by atoms with van der Waals surface area (Å²) in [5.74, 6) is 0. The van der Waals surface area contributed by atoms with Crippen LogP contribution in [0.1, 0.15) is 176 Å².